The van der Waals surface area contributed by atoms with E-state index >= 15 is 4.39 Å². The van der Waals surface area contributed by atoms with E-state index in [2.05, 4.69) is 10.3 Å². The van der Waals surface area contributed by atoms with Gasteiger partial charge < -0.3 is 20.1 Å². The highest BCUT2D eigenvalue weighted by molar-refractivity contribution is 7.11. The van der Waals surface area contributed by atoms with Crippen LogP contribution in [-0.4, -0.2) is 77.1 Å². The number of nitrogens with one attached hydrogen (secondary N) is 1. The molecule has 252 valence electrons. The van der Waals surface area contributed by atoms with Gasteiger partial charge in [0.1, 0.15) is 11.9 Å². The summed E-state index contributed by atoms with van der Waals surface area (Å²) in [6.45, 7) is 7.36. The number of carboxylic acids is 1. The number of ether oxygens (including phenoxy) is 1. The van der Waals surface area contributed by atoms with Crippen LogP contribution >= 0.6 is 11.3 Å². The van der Waals surface area contributed by atoms with E-state index < -0.39 is 46.7 Å². The number of aromatic nitrogens is 1. The number of nitrogens with zero attached hydrogens (tertiary/aromatic N) is 4. The van der Waals surface area contributed by atoms with Crippen LogP contribution in [0.2, 0.25) is 0 Å². The topological polar surface area (TPSA) is 124 Å². The number of carbonyl (C=O) groups excluding carboxylic acids is 2. The maximum Gasteiger partial charge on any atom is 0.338 e. The smallest absolute Gasteiger partial charge is 0.338 e. The first kappa shape index (κ1) is 33.4. The van der Waals surface area contributed by atoms with Crippen molar-refractivity contribution in [2.75, 3.05) is 37.7 Å². The van der Waals surface area contributed by atoms with Crippen molar-refractivity contribution >= 4 is 40.7 Å². The van der Waals surface area contributed by atoms with Crippen molar-refractivity contribution in [2.24, 2.45) is 10.9 Å². The number of rotatable bonds is 9. The van der Waals surface area contributed by atoms with Gasteiger partial charge in [0.05, 0.1) is 17.6 Å². The van der Waals surface area contributed by atoms with Crippen molar-refractivity contribution in [1.29, 1.82) is 0 Å². The molecule has 1 aromatic heterocycles. The van der Waals surface area contributed by atoms with E-state index in [1.165, 1.54) is 22.3 Å². The lowest BCUT2D eigenvalue weighted by molar-refractivity contribution is -0.142. The van der Waals surface area contributed by atoms with Gasteiger partial charge in [0.15, 0.2) is 16.5 Å². The average Bonchev–Trinajstić information content (AvgIpc) is 3.69. The molecule has 48 heavy (non-hydrogen) atoms. The third-order valence-corrected chi connectivity index (χ3v) is 10.4. The molecule has 0 radical (unpaired) electrons. The second-order valence-electron chi connectivity index (χ2n) is 12.9. The molecule has 2 aromatic carbocycles. The Morgan fingerprint density at radius 1 is 1.21 bits per heavy atom. The van der Waals surface area contributed by atoms with Gasteiger partial charge >= 0.3 is 11.9 Å². The monoisotopic (exact) mass is 677 g/mol. The normalized spacial score (nSPS) is 23.1. The van der Waals surface area contributed by atoms with E-state index in [4.69, 9.17) is 9.73 Å². The lowest BCUT2D eigenvalue weighted by Crippen LogP contribution is -2.52. The number of fused-ring (bicyclic) bond motifs is 1. The number of carboxylic acid groups (broad SMARTS) is 1. The summed E-state index contributed by atoms with van der Waals surface area (Å²) < 4.78 is 36.8. The van der Waals surface area contributed by atoms with Crippen molar-refractivity contribution in [2.45, 2.75) is 51.2 Å². The van der Waals surface area contributed by atoms with E-state index in [9.17, 15) is 23.9 Å². The summed E-state index contributed by atoms with van der Waals surface area (Å²) in [7, 11) is 0. The number of amides is 1. The molecule has 13 heteroatoms. The molecule has 3 aliphatic heterocycles. The number of hydrogen-bond donors (Lipinski definition) is 2. The fourth-order valence-corrected chi connectivity index (χ4v) is 7.21. The third-order valence-electron chi connectivity index (χ3n) is 9.58. The predicted molar refractivity (Wildman–Crippen MR) is 177 cm³/mol. The van der Waals surface area contributed by atoms with E-state index in [1.54, 1.807) is 75.7 Å². The zero-order chi connectivity index (χ0) is 34.4. The van der Waals surface area contributed by atoms with E-state index in [-0.39, 0.29) is 44.8 Å². The maximum absolute atomic E-state index is 16.5. The van der Waals surface area contributed by atoms with Crippen LogP contribution in [0.4, 0.5) is 14.5 Å². The van der Waals surface area contributed by atoms with Gasteiger partial charge in [-0.25, -0.2) is 18.6 Å². The largest absolute Gasteiger partial charge is 0.481 e. The number of halogens is 2. The Morgan fingerprint density at radius 2 is 1.98 bits per heavy atom. The Morgan fingerprint density at radius 3 is 2.69 bits per heavy atom. The van der Waals surface area contributed by atoms with Gasteiger partial charge in [-0.1, -0.05) is 24.3 Å². The van der Waals surface area contributed by atoms with Crippen LogP contribution in [0.3, 0.4) is 0 Å². The van der Waals surface area contributed by atoms with Gasteiger partial charge in [-0.05, 0) is 62.6 Å². The molecule has 0 aliphatic carbocycles. The van der Waals surface area contributed by atoms with Crippen LogP contribution in [0.25, 0.3) is 0 Å². The molecule has 2 N–H and O–H groups in total. The number of amidine groups is 1. The molecule has 0 saturated carbocycles. The summed E-state index contributed by atoms with van der Waals surface area (Å²) in [5.41, 5.74) is -0.761. The first-order valence-corrected chi connectivity index (χ1v) is 16.7. The molecular weight excluding hydrogens is 640 g/mol. The fourth-order valence-electron chi connectivity index (χ4n) is 6.62. The number of likely N-dealkylation sites (tertiary alicyclic amines) is 1. The molecule has 0 bridgehead atoms. The summed E-state index contributed by atoms with van der Waals surface area (Å²) >= 11 is 1.36. The Labute approximate surface area is 281 Å². The minimum absolute atomic E-state index is 0.0603. The minimum Gasteiger partial charge on any atom is -0.481 e. The van der Waals surface area contributed by atoms with Crippen LogP contribution in [0.5, 0.6) is 0 Å². The minimum atomic E-state index is -2.10. The molecule has 2 fully saturated rings. The van der Waals surface area contributed by atoms with Crippen LogP contribution in [0.15, 0.2) is 70.3 Å². The van der Waals surface area contributed by atoms with Gasteiger partial charge in [-0.2, -0.15) is 0 Å². The summed E-state index contributed by atoms with van der Waals surface area (Å²) in [6.07, 6.45) is 1.58. The second-order valence-corrected chi connectivity index (χ2v) is 13.7. The maximum atomic E-state index is 16.5. The zero-order valence-electron chi connectivity index (χ0n) is 27.1. The number of benzene rings is 2. The average molecular weight is 678 g/mol. The number of alkyl halides is 1. The first-order valence-electron chi connectivity index (χ1n) is 15.8. The van der Waals surface area contributed by atoms with Gasteiger partial charge in [-0.15, -0.1) is 11.3 Å². The number of esters is 1. The van der Waals surface area contributed by atoms with Crippen molar-refractivity contribution in [1.82, 2.24) is 15.2 Å². The molecule has 10 nitrogen and oxygen atoms in total. The Kier molecular flexibility index (Phi) is 8.94. The lowest BCUT2D eigenvalue weighted by atomic mass is 9.84. The van der Waals surface area contributed by atoms with Gasteiger partial charge in [-0.3, -0.25) is 19.5 Å². The highest BCUT2D eigenvalue weighted by Crippen LogP contribution is 2.43. The molecule has 2 saturated heterocycles. The van der Waals surface area contributed by atoms with Gasteiger partial charge in [0.2, 0.25) is 0 Å². The number of carbonyl (C=O) groups is 3. The number of hydrogen-bond acceptors (Lipinski definition) is 9. The molecule has 1 amide bonds. The van der Waals surface area contributed by atoms with Gasteiger partial charge in [0, 0.05) is 61.5 Å². The number of aliphatic carboxylic acids is 1. The summed E-state index contributed by atoms with van der Waals surface area (Å²) in [6, 6.07) is 10.5. The van der Waals surface area contributed by atoms with E-state index in [0.29, 0.717) is 38.9 Å². The third kappa shape index (κ3) is 5.89. The standard InChI is InChI=1S/C35H37F2N5O5S/c1-5-47-31(43)27-26(39-29(30-38-13-15-48-30)40-28(27)24-10-7-11-25(36)20(24)2)19-41-14-12-35(37)22(17-41)18-42(32(35)44)23-9-6-8-21(16-23)34(3,4)33(45)46/h6-11,13,15-16,22,28H,5,12,14,17-19H2,1-4H3,(H,39,40)(H,45,46)/t22-,28-,35+/m0/s1. The Hall–Kier alpha value is -4.49. The SMILES string of the molecule is CCOC(=O)C1=C(CN2CC[C@]3(F)C(=O)N(c4cccc(C(C)(C)C(=O)O)c4)C[C@@H]3C2)NC(c2nccs2)=N[C@H]1c1cccc(F)c1C. The van der Waals surface area contributed by atoms with Crippen LogP contribution < -0.4 is 10.2 Å². The molecule has 3 atom stereocenters. The molecule has 3 aromatic rings. The number of anilines is 1. The fraction of sp³-hybridized carbons (Fsp3) is 0.400. The molecule has 0 spiro atoms. The summed E-state index contributed by atoms with van der Waals surface area (Å²) in [4.78, 5) is 51.7. The van der Waals surface area contributed by atoms with Crippen LogP contribution in [-0.2, 0) is 24.5 Å². The number of aliphatic imine (C=N–C) groups is 1. The van der Waals surface area contributed by atoms with Crippen molar-refractivity contribution in [3.05, 3.63) is 92.8 Å². The highest BCUT2D eigenvalue weighted by atomic mass is 32.1. The van der Waals surface area contributed by atoms with Crippen LogP contribution in [0.1, 0.15) is 54.9 Å². The van der Waals surface area contributed by atoms with Crippen LogP contribution in [0, 0.1) is 18.7 Å². The summed E-state index contributed by atoms with van der Waals surface area (Å²) in [5, 5.41) is 15.4. The molecule has 4 heterocycles. The van der Waals surface area contributed by atoms with Crippen molar-refractivity contribution in [3.8, 4) is 0 Å². The lowest BCUT2D eigenvalue weighted by Gasteiger charge is -2.38. The zero-order valence-corrected chi connectivity index (χ0v) is 27.9. The number of thiazole rings is 1. The summed E-state index contributed by atoms with van der Waals surface area (Å²) in [5.74, 6) is -2.93. The Balaban J connectivity index is 1.32. The van der Waals surface area contributed by atoms with Gasteiger partial charge in [0.25, 0.3) is 5.91 Å². The van der Waals surface area contributed by atoms with Crippen molar-refractivity contribution < 1.29 is 33.0 Å². The van der Waals surface area contributed by atoms with E-state index in [1.807, 2.05) is 4.90 Å². The second kappa shape index (κ2) is 12.8. The quantitative estimate of drug-likeness (QED) is 0.306. The molecular formula is C35H37F2N5O5S. The predicted octanol–water partition coefficient (Wildman–Crippen LogP) is 4.94. The van der Waals surface area contributed by atoms with E-state index in [0.717, 1.165) is 0 Å². The molecule has 0 unspecified atom stereocenters. The highest BCUT2D eigenvalue weighted by Gasteiger charge is 2.57. The first-order chi connectivity index (χ1) is 22.8. The molecule has 6 rings (SSSR count). The molecule has 3 aliphatic rings. The Bertz CT molecular complexity index is 1830. The number of piperidine rings is 1. The van der Waals surface area contributed by atoms with Crippen molar-refractivity contribution in [3.63, 3.8) is 0 Å².